The van der Waals surface area contributed by atoms with Crippen LogP contribution in [0.25, 0.3) is 0 Å². The number of nitrogens with zero attached hydrogens (tertiary/aromatic N) is 2. The molecule has 0 amide bonds. The molecule has 0 aliphatic carbocycles. The molecule has 0 aliphatic heterocycles. The van der Waals surface area contributed by atoms with Crippen LogP contribution in [0, 0.1) is 0 Å². The molecular formula is C15H19N3O2S. The number of aromatic nitrogens is 1. The lowest BCUT2D eigenvalue weighted by Crippen LogP contribution is -2.22. The summed E-state index contributed by atoms with van der Waals surface area (Å²) in [7, 11) is -0.333. The van der Waals surface area contributed by atoms with Crippen LogP contribution in [-0.2, 0) is 10.0 Å². The molecule has 0 saturated heterocycles. The van der Waals surface area contributed by atoms with Crippen LogP contribution in [0.4, 0.5) is 5.82 Å². The fraction of sp³-hybridized carbons (Fsp3) is 0.267. The monoisotopic (exact) mass is 305 g/mol. The zero-order chi connectivity index (χ0) is 15.5. The van der Waals surface area contributed by atoms with Gasteiger partial charge < -0.3 is 5.32 Å². The van der Waals surface area contributed by atoms with Crippen LogP contribution < -0.4 is 5.32 Å². The highest BCUT2D eigenvalue weighted by Crippen LogP contribution is 2.20. The summed E-state index contributed by atoms with van der Waals surface area (Å²) in [6.07, 6.45) is 1.72. The van der Waals surface area contributed by atoms with Gasteiger partial charge in [0.25, 0.3) is 0 Å². The maximum atomic E-state index is 12.0. The number of hydrogen-bond donors (Lipinski definition) is 1. The highest BCUT2D eigenvalue weighted by molar-refractivity contribution is 7.89. The minimum atomic E-state index is -3.38. The van der Waals surface area contributed by atoms with Crippen molar-refractivity contribution < 1.29 is 8.42 Å². The van der Waals surface area contributed by atoms with Crippen LogP contribution >= 0.6 is 0 Å². The Labute approximate surface area is 125 Å². The number of anilines is 1. The van der Waals surface area contributed by atoms with E-state index < -0.39 is 10.0 Å². The molecule has 0 spiro atoms. The molecular weight excluding hydrogens is 286 g/mol. The van der Waals surface area contributed by atoms with Gasteiger partial charge in [0, 0.05) is 26.3 Å². The van der Waals surface area contributed by atoms with E-state index in [0.717, 1.165) is 11.4 Å². The van der Waals surface area contributed by atoms with Crippen LogP contribution in [0.15, 0.2) is 53.6 Å². The van der Waals surface area contributed by atoms with Gasteiger partial charge in [0.05, 0.1) is 4.90 Å². The molecule has 1 N–H and O–H groups in total. The number of sulfonamides is 1. The number of hydrogen-bond acceptors (Lipinski definition) is 4. The molecule has 1 heterocycles. The van der Waals surface area contributed by atoms with Crippen LogP contribution in [0.3, 0.4) is 0 Å². The van der Waals surface area contributed by atoms with Crippen molar-refractivity contribution in [2.75, 3.05) is 19.4 Å². The first-order valence-corrected chi connectivity index (χ1v) is 8.05. The molecule has 0 unspecified atom stereocenters. The Bertz CT molecular complexity index is 683. The largest absolute Gasteiger partial charge is 0.364 e. The van der Waals surface area contributed by atoms with Crippen molar-refractivity contribution in [1.29, 1.82) is 0 Å². The lowest BCUT2D eigenvalue weighted by molar-refractivity contribution is 0.520. The van der Waals surface area contributed by atoms with E-state index in [0.29, 0.717) is 4.90 Å². The van der Waals surface area contributed by atoms with Crippen LogP contribution in [0.5, 0.6) is 0 Å². The van der Waals surface area contributed by atoms with Gasteiger partial charge >= 0.3 is 0 Å². The summed E-state index contributed by atoms with van der Waals surface area (Å²) >= 11 is 0. The summed E-state index contributed by atoms with van der Waals surface area (Å²) < 4.78 is 25.2. The summed E-state index contributed by atoms with van der Waals surface area (Å²) in [6, 6.07) is 12.6. The Balaban J connectivity index is 2.16. The summed E-state index contributed by atoms with van der Waals surface area (Å²) in [5, 5.41) is 3.27. The first-order chi connectivity index (χ1) is 9.91. The van der Waals surface area contributed by atoms with Crippen molar-refractivity contribution in [3.05, 3.63) is 54.2 Å². The number of benzene rings is 1. The smallest absolute Gasteiger partial charge is 0.242 e. The summed E-state index contributed by atoms with van der Waals surface area (Å²) in [5.74, 6) is 0.787. The molecule has 0 bridgehead atoms. The molecule has 2 aromatic rings. The van der Waals surface area contributed by atoms with Gasteiger partial charge in [0.1, 0.15) is 5.82 Å². The van der Waals surface area contributed by atoms with Crippen molar-refractivity contribution in [1.82, 2.24) is 9.29 Å². The summed E-state index contributed by atoms with van der Waals surface area (Å²) in [4.78, 5) is 4.50. The van der Waals surface area contributed by atoms with E-state index in [1.807, 2.05) is 37.3 Å². The minimum absolute atomic E-state index is 0.0380. The van der Waals surface area contributed by atoms with E-state index >= 15 is 0 Å². The van der Waals surface area contributed by atoms with Crippen molar-refractivity contribution in [2.24, 2.45) is 0 Å². The number of nitrogens with one attached hydrogen (secondary N) is 1. The minimum Gasteiger partial charge on any atom is -0.364 e. The second-order valence-electron chi connectivity index (χ2n) is 4.94. The van der Waals surface area contributed by atoms with E-state index in [2.05, 4.69) is 10.3 Å². The van der Waals surface area contributed by atoms with Gasteiger partial charge in [-0.15, -0.1) is 0 Å². The molecule has 1 atom stereocenters. The van der Waals surface area contributed by atoms with Crippen molar-refractivity contribution in [3.8, 4) is 0 Å². The Morgan fingerprint density at radius 2 is 1.76 bits per heavy atom. The Hall–Kier alpha value is -1.92. The average Bonchev–Trinajstić information content (AvgIpc) is 2.48. The van der Waals surface area contributed by atoms with Gasteiger partial charge in [-0.3, -0.25) is 0 Å². The standard InChI is InChI=1S/C15H19N3O2S/c1-12(17-15-6-4-5-11-16-15)13-7-9-14(10-8-13)21(19,20)18(2)3/h4-12H,1-3H3,(H,16,17)/t12-/m0/s1. The van der Waals surface area contributed by atoms with Gasteiger partial charge in [-0.2, -0.15) is 0 Å². The average molecular weight is 305 g/mol. The number of pyridine rings is 1. The molecule has 112 valence electrons. The highest BCUT2D eigenvalue weighted by atomic mass is 32.2. The van der Waals surface area contributed by atoms with E-state index in [1.54, 1.807) is 18.3 Å². The molecule has 2 rings (SSSR count). The Morgan fingerprint density at radius 3 is 2.29 bits per heavy atom. The SMILES string of the molecule is C[C@H](Nc1ccccn1)c1ccc(S(=O)(=O)N(C)C)cc1. The third kappa shape index (κ3) is 3.59. The zero-order valence-corrected chi connectivity index (χ0v) is 13.1. The van der Waals surface area contributed by atoms with Crippen LogP contribution in [0.2, 0.25) is 0 Å². The van der Waals surface area contributed by atoms with Gasteiger partial charge in [-0.05, 0) is 36.8 Å². The van der Waals surface area contributed by atoms with Gasteiger partial charge in [-0.1, -0.05) is 18.2 Å². The van der Waals surface area contributed by atoms with E-state index in [-0.39, 0.29) is 6.04 Å². The molecule has 0 radical (unpaired) electrons. The lowest BCUT2D eigenvalue weighted by Gasteiger charge is -2.16. The fourth-order valence-electron chi connectivity index (χ4n) is 1.89. The predicted octanol–water partition coefficient (Wildman–Crippen LogP) is 2.51. The second-order valence-corrected chi connectivity index (χ2v) is 7.09. The third-order valence-electron chi connectivity index (χ3n) is 3.19. The fourth-order valence-corrected chi connectivity index (χ4v) is 2.79. The van der Waals surface area contributed by atoms with Gasteiger partial charge in [0.2, 0.25) is 10.0 Å². The van der Waals surface area contributed by atoms with Crippen LogP contribution in [0.1, 0.15) is 18.5 Å². The molecule has 5 nitrogen and oxygen atoms in total. The summed E-state index contributed by atoms with van der Waals surface area (Å²) in [6.45, 7) is 2.00. The first-order valence-electron chi connectivity index (χ1n) is 6.61. The van der Waals surface area contributed by atoms with Crippen molar-refractivity contribution in [2.45, 2.75) is 17.9 Å². The zero-order valence-electron chi connectivity index (χ0n) is 12.3. The molecule has 0 fully saturated rings. The molecule has 0 aliphatic rings. The highest BCUT2D eigenvalue weighted by Gasteiger charge is 2.17. The summed E-state index contributed by atoms with van der Waals surface area (Å²) in [5.41, 5.74) is 0.998. The second kappa shape index (κ2) is 6.24. The van der Waals surface area contributed by atoms with Crippen molar-refractivity contribution >= 4 is 15.8 Å². The molecule has 1 aromatic heterocycles. The van der Waals surface area contributed by atoms with E-state index in [9.17, 15) is 8.42 Å². The topological polar surface area (TPSA) is 62.3 Å². The predicted molar refractivity (Wildman–Crippen MR) is 83.6 cm³/mol. The lowest BCUT2D eigenvalue weighted by atomic mass is 10.1. The van der Waals surface area contributed by atoms with Gasteiger partial charge in [-0.25, -0.2) is 17.7 Å². The Kier molecular flexibility index (Phi) is 4.59. The number of rotatable bonds is 5. The quantitative estimate of drug-likeness (QED) is 0.922. The first kappa shape index (κ1) is 15.5. The molecule has 0 saturated carbocycles. The third-order valence-corrected chi connectivity index (χ3v) is 5.02. The van der Waals surface area contributed by atoms with Crippen LogP contribution in [-0.4, -0.2) is 31.8 Å². The van der Waals surface area contributed by atoms with Gasteiger partial charge in [0.15, 0.2) is 0 Å². The van der Waals surface area contributed by atoms with E-state index in [4.69, 9.17) is 0 Å². The molecule has 21 heavy (non-hydrogen) atoms. The normalized spacial score (nSPS) is 13.1. The Morgan fingerprint density at radius 1 is 1.10 bits per heavy atom. The maximum absolute atomic E-state index is 12.0. The maximum Gasteiger partial charge on any atom is 0.242 e. The van der Waals surface area contributed by atoms with E-state index in [1.165, 1.54) is 18.4 Å². The molecule has 6 heteroatoms. The molecule has 1 aromatic carbocycles. The van der Waals surface area contributed by atoms with Crippen molar-refractivity contribution in [3.63, 3.8) is 0 Å².